The molecule has 1 atom stereocenters. The smallest absolute Gasteiger partial charge is 0.322 e. The van der Waals surface area contributed by atoms with E-state index in [-0.39, 0.29) is 12.0 Å². The van der Waals surface area contributed by atoms with E-state index in [1.54, 1.807) is 28.3 Å². The van der Waals surface area contributed by atoms with E-state index >= 15 is 0 Å². The lowest BCUT2D eigenvalue weighted by Crippen LogP contribution is -2.34. The SMILES string of the molecule is COC(=O)[C@H](C)NCc1cc(OC)c(OC)c(OC)c1. The summed E-state index contributed by atoms with van der Waals surface area (Å²) in [7, 11) is 6.04. The Morgan fingerprint density at radius 3 is 2.05 bits per heavy atom. The molecule has 0 heterocycles. The van der Waals surface area contributed by atoms with Crippen LogP contribution in [0.25, 0.3) is 0 Å². The van der Waals surface area contributed by atoms with Crippen LogP contribution < -0.4 is 19.5 Å². The van der Waals surface area contributed by atoms with Crippen LogP contribution in [0.4, 0.5) is 0 Å². The van der Waals surface area contributed by atoms with Gasteiger partial charge in [0.2, 0.25) is 5.75 Å². The van der Waals surface area contributed by atoms with Crippen molar-refractivity contribution in [2.24, 2.45) is 0 Å². The molecule has 0 saturated heterocycles. The van der Waals surface area contributed by atoms with Gasteiger partial charge in [0, 0.05) is 6.54 Å². The third kappa shape index (κ3) is 3.77. The average Bonchev–Trinajstić information content (AvgIpc) is 2.50. The monoisotopic (exact) mass is 283 g/mol. The molecule has 112 valence electrons. The number of rotatable bonds is 7. The minimum absolute atomic E-state index is 0.308. The first-order chi connectivity index (χ1) is 9.57. The van der Waals surface area contributed by atoms with Gasteiger partial charge < -0.3 is 24.3 Å². The molecule has 0 fully saturated rings. The molecule has 0 aromatic heterocycles. The predicted octanol–water partition coefficient (Wildman–Crippen LogP) is 1.36. The van der Waals surface area contributed by atoms with Crippen molar-refractivity contribution in [2.45, 2.75) is 19.5 Å². The summed E-state index contributed by atoms with van der Waals surface area (Å²) < 4.78 is 20.4. The number of methoxy groups -OCH3 is 4. The molecule has 6 nitrogen and oxygen atoms in total. The number of carbonyl (C=O) groups is 1. The van der Waals surface area contributed by atoms with Crippen LogP contribution in [0.3, 0.4) is 0 Å². The maximum atomic E-state index is 11.3. The second-order valence-electron chi connectivity index (χ2n) is 4.16. The number of ether oxygens (including phenoxy) is 4. The number of hydrogen-bond donors (Lipinski definition) is 1. The Balaban J connectivity index is 2.88. The zero-order valence-corrected chi connectivity index (χ0v) is 12.5. The highest BCUT2D eigenvalue weighted by atomic mass is 16.5. The fraction of sp³-hybridized carbons (Fsp3) is 0.500. The van der Waals surface area contributed by atoms with Crippen molar-refractivity contribution in [1.29, 1.82) is 0 Å². The molecule has 1 N–H and O–H groups in total. The van der Waals surface area contributed by atoms with Gasteiger partial charge in [0.15, 0.2) is 11.5 Å². The molecular weight excluding hydrogens is 262 g/mol. The van der Waals surface area contributed by atoms with Crippen LogP contribution in [0, 0.1) is 0 Å². The summed E-state index contributed by atoms with van der Waals surface area (Å²) in [6, 6.07) is 3.27. The number of carbonyl (C=O) groups excluding carboxylic acids is 1. The Bertz CT molecular complexity index is 436. The molecule has 6 heteroatoms. The molecule has 0 spiro atoms. The summed E-state index contributed by atoms with van der Waals surface area (Å²) >= 11 is 0. The standard InChI is InChI=1S/C14H21NO5/c1-9(14(16)20-5)15-8-10-6-11(17-2)13(19-4)12(7-10)18-3/h6-7,9,15H,8H2,1-5H3/t9-/m0/s1. The Labute approximate surface area is 119 Å². The summed E-state index contributed by atoms with van der Waals surface area (Å²) in [5.74, 6) is 1.39. The largest absolute Gasteiger partial charge is 0.493 e. The minimum atomic E-state index is -0.390. The molecular formula is C14H21NO5. The molecule has 1 rings (SSSR count). The van der Waals surface area contributed by atoms with Crippen molar-refractivity contribution in [3.8, 4) is 17.2 Å². The second kappa shape index (κ2) is 7.59. The maximum Gasteiger partial charge on any atom is 0.322 e. The molecule has 0 saturated carbocycles. The maximum absolute atomic E-state index is 11.3. The lowest BCUT2D eigenvalue weighted by molar-refractivity contribution is -0.142. The van der Waals surface area contributed by atoms with Gasteiger partial charge in [0.05, 0.1) is 28.4 Å². The fourth-order valence-electron chi connectivity index (χ4n) is 1.77. The molecule has 0 radical (unpaired) electrons. The summed E-state index contributed by atoms with van der Waals surface area (Å²) in [6.45, 7) is 2.22. The third-order valence-electron chi connectivity index (χ3n) is 2.89. The molecule has 0 bridgehead atoms. The van der Waals surface area contributed by atoms with Gasteiger partial charge in [-0.1, -0.05) is 0 Å². The summed E-state index contributed by atoms with van der Waals surface area (Å²) in [4.78, 5) is 11.3. The van der Waals surface area contributed by atoms with Gasteiger partial charge in [-0.25, -0.2) is 0 Å². The zero-order chi connectivity index (χ0) is 15.1. The zero-order valence-electron chi connectivity index (χ0n) is 12.5. The minimum Gasteiger partial charge on any atom is -0.493 e. The number of benzene rings is 1. The van der Waals surface area contributed by atoms with Gasteiger partial charge >= 0.3 is 5.97 Å². The summed E-state index contributed by atoms with van der Waals surface area (Å²) in [6.07, 6.45) is 0. The van der Waals surface area contributed by atoms with E-state index < -0.39 is 0 Å². The van der Waals surface area contributed by atoms with Crippen LogP contribution in [0.1, 0.15) is 12.5 Å². The van der Waals surface area contributed by atoms with Gasteiger partial charge in [-0.2, -0.15) is 0 Å². The first-order valence-corrected chi connectivity index (χ1v) is 6.17. The van der Waals surface area contributed by atoms with E-state index in [2.05, 4.69) is 10.1 Å². The van der Waals surface area contributed by atoms with Crippen molar-refractivity contribution in [3.63, 3.8) is 0 Å². The van der Waals surface area contributed by atoms with Crippen LogP contribution in [0.2, 0.25) is 0 Å². The van der Waals surface area contributed by atoms with E-state index in [4.69, 9.17) is 14.2 Å². The topological polar surface area (TPSA) is 66.0 Å². The Morgan fingerprint density at radius 2 is 1.65 bits per heavy atom. The van der Waals surface area contributed by atoms with Gasteiger partial charge in [-0.3, -0.25) is 4.79 Å². The van der Waals surface area contributed by atoms with E-state index in [1.807, 2.05) is 12.1 Å². The average molecular weight is 283 g/mol. The van der Waals surface area contributed by atoms with Gasteiger partial charge in [-0.15, -0.1) is 0 Å². The lowest BCUT2D eigenvalue weighted by atomic mass is 10.1. The van der Waals surface area contributed by atoms with E-state index in [9.17, 15) is 4.79 Å². The normalized spacial score (nSPS) is 11.7. The van der Waals surface area contributed by atoms with E-state index in [0.717, 1.165) is 5.56 Å². The highest BCUT2D eigenvalue weighted by Crippen LogP contribution is 2.38. The molecule has 0 amide bonds. The molecule has 0 aliphatic carbocycles. The molecule has 0 aliphatic heterocycles. The van der Waals surface area contributed by atoms with Crippen LogP contribution in [-0.4, -0.2) is 40.5 Å². The van der Waals surface area contributed by atoms with Crippen LogP contribution in [0.15, 0.2) is 12.1 Å². The highest BCUT2D eigenvalue weighted by Gasteiger charge is 2.15. The van der Waals surface area contributed by atoms with Crippen LogP contribution in [-0.2, 0) is 16.1 Å². The van der Waals surface area contributed by atoms with Crippen LogP contribution in [0.5, 0.6) is 17.2 Å². The van der Waals surface area contributed by atoms with Gasteiger partial charge in [0.1, 0.15) is 6.04 Å². The number of nitrogens with one attached hydrogen (secondary N) is 1. The second-order valence-corrected chi connectivity index (χ2v) is 4.16. The fourth-order valence-corrected chi connectivity index (χ4v) is 1.77. The first kappa shape index (κ1) is 16.1. The van der Waals surface area contributed by atoms with Crippen molar-refractivity contribution >= 4 is 5.97 Å². The highest BCUT2D eigenvalue weighted by molar-refractivity contribution is 5.75. The van der Waals surface area contributed by atoms with Crippen molar-refractivity contribution in [2.75, 3.05) is 28.4 Å². The van der Waals surface area contributed by atoms with Gasteiger partial charge in [0.25, 0.3) is 0 Å². The molecule has 0 unspecified atom stereocenters. The third-order valence-corrected chi connectivity index (χ3v) is 2.89. The number of esters is 1. The summed E-state index contributed by atoms with van der Waals surface area (Å²) in [5, 5.41) is 3.06. The molecule has 1 aromatic rings. The molecule has 1 aromatic carbocycles. The van der Waals surface area contributed by atoms with Crippen LogP contribution >= 0.6 is 0 Å². The first-order valence-electron chi connectivity index (χ1n) is 6.17. The Morgan fingerprint density at radius 1 is 1.10 bits per heavy atom. The lowest BCUT2D eigenvalue weighted by Gasteiger charge is -2.16. The van der Waals surface area contributed by atoms with Crippen molar-refractivity contribution in [3.05, 3.63) is 17.7 Å². The van der Waals surface area contributed by atoms with Gasteiger partial charge in [-0.05, 0) is 24.6 Å². The predicted molar refractivity (Wildman–Crippen MR) is 74.4 cm³/mol. The quantitative estimate of drug-likeness (QED) is 0.762. The van der Waals surface area contributed by atoms with E-state index in [1.165, 1.54) is 7.11 Å². The van der Waals surface area contributed by atoms with E-state index in [0.29, 0.717) is 23.8 Å². The summed E-state index contributed by atoms with van der Waals surface area (Å²) in [5.41, 5.74) is 0.912. The Hall–Kier alpha value is -1.95. The Kier molecular flexibility index (Phi) is 6.11. The number of hydrogen-bond acceptors (Lipinski definition) is 6. The molecule has 20 heavy (non-hydrogen) atoms. The van der Waals surface area contributed by atoms with Crippen molar-refractivity contribution < 1.29 is 23.7 Å². The van der Waals surface area contributed by atoms with Crippen molar-refractivity contribution in [1.82, 2.24) is 5.32 Å². The molecule has 0 aliphatic rings.